The molecule has 2 aromatic rings. The van der Waals surface area contributed by atoms with Crippen molar-refractivity contribution in [3.05, 3.63) is 65.3 Å². The lowest BCUT2D eigenvalue weighted by molar-refractivity contribution is -0.117. The summed E-state index contributed by atoms with van der Waals surface area (Å²) in [5.41, 5.74) is 2.08. The molecule has 0 bridgehead atoms. The van der Waals surface area contributed by atoms with Crippen molar-refractivity contribution in [1.82, 2.24) is 0 Å². The number of halogens is 1. The second kappa shape index (κ2) is 8.83. The number of hydrogen-bond acceptors (Lipinski definition) is 3. The van der Waals surface area contributed by atoms with Gasteiger partial charge in [-0.1, -0.05) is 50.9 Å². The molecule has 1 N–H and O–H groups in total. The lowest BCUT2D eigenvalue weighted by Gasteiger charge is -2.36. The molecule has 28 heavy (non-hydrogen) atoms. The van der Waals surface area contributed by atoms with E-state index in [0.717, 1.165) is 30.5 Å². The van der Waals surface area contributed by atoms with Crippen molar-refractivity contribution in [2.45, 2.75) is 46.5 Å². The number of rotatable bonds is 6. The Morgan fingerprint density at radius 2 is 1.89 bits per heavy atom. The summed E-state index contributed by atoms with van der Waals surface area (Å²) in [7, 11) is 0. The molecule has 1 atom stereocenters. The third kappa shape index (κ3) is 4.96. The Kier molecular flexibility index (Phi) is 6.46. The van der Waals surface area contributed by atoms with E-state index in [0.29, 0.717) is 28.9 Å². The standard InChI is InChI=1S/C24H28ClNO2/c1-4-24(2,3)18-9-14-22(27)17(15-18)16-26-19-10-12-20(13-11-19)28-23-8-6-5-7-21(23)25/h5-8,10-13,16,18,26H,4,9,14-15H2,1-3H3/b17-16+/t18-/m1/s1. The SMILES string of the molecule is CCC(C)(C)[C@@H]1CCC(=O)/C(=C/Nc2ccc(Oc3ccccc3Cl)cc2)C1. The number of Topliss-reactive ketones (excluding diaryl/α,β-unsaturated/α-hetero) is 1. The zero-order valence-electron chi connectivity index (χ0n) is 16.8. The summed E-state index contributed by atoms with van der Waals surface area (Å²) in [6, 6.07) is 15.0. The zero-order chi connectivity index (χ0) is 20.1. The number of anilines is 1. The Bertz CT molecular complexity index is 855. The summed E-state index contributed by atoms with van der Waals surface area (Å²) in [4.78, 5) is 12.3. The summed E-state index contributed by atoms with van der Waals surface area (Å²) >= 11 is 6.13. The molecule has 3 rings (SSSR count). The highest BCUT2D eigenvalue weighted by Crippen LogP contribution is 2.41. The van der Waals surface area contributed by atoms with Gasteiger partial charge in [0.1, 0.15) is 11.5 Å². The first-order valence-electron chi connectivity index (χ1n) is 9.90. The molecule has 148 valence electrons. The molecule has 0 heterocycles. The van der Waals surface area contributed by atoms with Gasteiger partial charge >= 0.3 is 0 Å². The first kappa shape index (κ1) is 20.5. The molecule has 3 nitrogen and oxygen atoms in total. The molecular weight excluding hydrogens is 370 g/mol. The molecule has 0 amide bonds. The van der Waals surface area contributed by atoms with Crippen LogP contribution in [0.5, 0.6) is 11.5 Å². The molecule has 1 aliphatic carbocycles. The Morgan fingerprint density at radius 1 is 1.18 bits per heavy atom. The lowest BCUT2D eigenvalue weighted by Crippen LogP contribution is -2.29. The second-order valence-electron chi connectivity index (χ2n) is 8.08. The van der Waals surface area contributed by atoms with E-state index in [4.69, 9.17) is 16.3 Å². The molecule has 4 heteroatoms. The van der Waals surface area contributed by atoms with Gasteiger partial charge in [-0.25, -0.2) is 0 Å². The number of benzene rings is 2. The summed E-state index contributed by atoms with van der Waals surface area (Å²) in [6.45, 7) is 6.83. The number of allylic oxidation sites excluding steroid dienone is 1. The number of ether oxygens (including phenoxy) is 1. The largest absolute Gasteiger partial charge is 0.456 e. The van der Waals surface area contributed by atoms with Gasteiger partial charge < -0.3 is 10.1 Å². The molecule has 1 saturated carbocycles. The average Bonchev–Trinajstić information content (AvgIpc) is 2.70. The molecular formula is C24H28ClNO2. The van der Waals surface area contributed by atoms with Crippen LogP contribution < -0.4 is 10.1 Å². The number of hydrogen-bond donors (Lipinski definition) is 1. The van der Waals surface area contributed by atoms with Gasteiger partial charge in [0.2, 0.25) is 0 Å². The van der Waals surface area contributed by atoms with Crippen LogP contribution in [0, 0.1) is 11.3 Å². The number of ketones is 1. The van der Waals surface area contributed by atoms with Crippen LogP contribution in [-0.2, 0) is 4.79 Å². The summed E-state index contributed by atoms with van der Waals surface area (Å²) in [5.74, 6) is 2.15. The lowest BCUT2D eigenvalue weighted by atomic mass is 9.68. The third-order valence-corrected chi connectivity index (χ3v) is 6.20. The van der Waals surface area contributed by atoms with Crippen LogP contribution in [0.15, 0.2) is 60.3 Å². The van der Waals surface area contributed by atoms with Crippen LogP contribution in [0.4, 0.5) is 5.69 Å². The Morgan fingerprint density at radius 3 is 2.57 bits per heavy atom. The second-order valence-corrected chi connectivity index (χ2v) is 8.48. The van der Waals surface area contributed by atoms with Gasteiger partial charge in [0, 0.05) is 23.9 Å². The first-order chi connectivity index (χ1) is 13.4. The minimum atomic E-state index is 0.259. The highest BCUT2D eigenvalue weighted by molar-refractivity contribution is 6.32. The van der Waals surface area contributed by atoms with Crippen molar-refractivity contribution in [2.24, 2.45) is 11.3 Å². The predicted molar refractivity (Wildman–Crippen MR) is 116 cm³/mol. The van der Waals surface area contributed by atoms with Crippen LogP contribution in [-0.4, -0.2) is 5.78 Å². The van der Waals surface area contributed by atoms with E-state index < -0.39 is 0 Å². The fourth-order valence-electron chi connectivity index (χ4n) is 3.49. The number of carbonyl (C=O) groups excluding carboxylic acids is 1. The summed E-state index contributed by atoms with van der Waals surface area (Å²) in [6.07, 6.45) is 5.49. The maximum Gasteiger partial charge on any atom is 0.160 e. The average molecular weight is 398 g/mol. The maximum absolute atomic E-state index is 12.3. The van der Waals surface area contributed by atoms with Crippen LogP contribution in [0.25, 0.3) is 0 Å². The molecule has 0 aliphatic heterocycles. The van der Waals surface area contributed by atoms with Crippen molar-refractivity contribution >= 4 is 23.1 Å². The molecule has 2 aromatic carbocycles. The molecule has 0 spiro atoms. The molecule has 1 fully saturated rings. The van der Waals surface area contributed by atoms with Crippen molar-refractivity contribution in [3.8, 4) is 11.5 Å². The Labute approximate surface area is 172 Å². The Hall–Kier alpha value is -2.26. The number of carbonyl (C=O) groups is 1. The number of nitrogens with one attached hydrogen (secondary N) is 1. The van der Waals surface area contributed by atoms with Gasteiger partial charge in [0.15, 0.2) is 5.78 Å². The van der Waals surface area contributed by atoms with Gasteiger partial charge in [-0.2, -0.15) is 0 Å². The fourth-order valence-corrected chi connectivity index (χ4v) is 3.66. The molecule has 0 unspecified atom stereocenters. The maximum atomic E-state index is 12.3. The molecule has 0 saturated heterocycles. The normalized spacial score (nSPS) is 18.9. The van der Waals surface area contributed by atoms with E-state index in [2.05, 4.69) is 26.1 Å². The quantitative estimate of drug-likeness (QED) is 0.522. The Balaban J connectivity index is 1.65. The first-order valence-corrected chi connectivity index (χ1v) is 10.3. The van der Waals surface area contributed by atoms with E-state index in [1.54, 1.807) is 6.07 Å². The number of para-hydroxylation sites is 1. The predicted octanol–water partition coefficient (Wildman–Crippen LogP) is 7.23. The minimum Gasteiger partial charge on any atom is -0.456 e. The van der Waals surface area contributed by atoms with Gasteiger partial charge in [-0.05, 0) is 60.6 Å². The van der Waals surface area contributed by atoms with E-state index in [-0.39, 0.29) is 11.2 Å². The van der Waals surface area contributed by atoms with Crippen LogP contribution in [0.2, 0.25) is 5.02 Å². The van der Waals surface area contributed by atoms with Crippen molar-refractivity contribution in [2.75, 3.05) is 5.32 Å². The highest BCUT2D eigenvalue weighted by atomic mass is 35.5. The van der Waals surface area contributed by atoms with Crippen LogP contribution in [0.1, 0.15) is 46.5 Å². The van der Waals surface area contributed by atoms with Crippen LogP contribution >= 0.6 is 11.6 Å². The van der Waals surface area contributed by atoms with Crippen molar-refractivity contribution in [1.29, 1.82) is 0 Å². The van der Waals surface area contributed by atoms with E-state index in [9.17, 15) is 4.79 Å². The van der Waals surface area contributed by atoms with E-state index >= 15 is 0 Å². The van der Waals surface area contributed by atoms with Crippen LogP contribution in [0.3, 0.4) is 0 Å². The zero-order valence-corrected chi connectivity index (χ0v) is 17.6. The van der Waals surface area contributed by atoms with Crippen molar-refractivity contribution in [3.63, 3.8) is 0 Å². The van der Waals surface area contributed by atoms with Crippen molar-refractivity contribution < 1.29 is 9.53 Å². The summed E-state index contributed by atoms with van der Waals surface area (Å²) < 4.78 is 5.81. The van der Waals surface area contributed by atoms with Gasteiger partial charge in [0.05, 0.1) is 5.02 Å². The molecule has 1 aliphatic rings. The topological polar surface area (TPSA) is 38.3 Å². The van der Waals surface area contributed by atoms with E-state index in [1.807, 2.05) is 48.7 Å². The monoisotopic (exact) mass is 397 g/mol. The molecule has 0 aromatic heterocycles. The summed E-state index contributed by atoms with van der Waals surface area (Å²) in [5, 5.41) is 3.85. The fraction of sp³-hybridized carbons (Fsp3) is 0.375. The highest BCUT2D eigenvalue weighted by Gasteiger charge is 2.33. The smallest absolute Gasteiger partial charge is 0.160 e. The van der Waals surface area contributed by atoms with Gasteiger partial charge in [-0.15, -0.1) is 0 Å². The minimum absolute atomic E-state index is 0.259. The van der Waals surface area contributed by atoms with E-state index in [1.165, 1.54) is 0 Å². The van der Waals surface area contributed by atoms with Gasteiger partial charge in [0.25, 0.3) is 0 Å². The third-order valence-electron chi connectivity index (χ3n) is 5.89. The molecule has 0 radical (unpaired) electrons. The van der Waals surface area contributed by atoms with Gasteiger partial charge in [-0.3, -0.25) is 4.79 Å².